The highest BCUT2D eigenvalue weighted by molar-refractivity contribution is 7.14. The summed E-state index contributed by atoms with van der Waals surface area (Å²) in [4.78, 5) is 26.2. The summed E-state index contributed by atoms with van der Waals surface area (Å²) in [7, 11) is 1.78. The van der Waals surface area contributed by atoms with Crippen molar-refractivity contribution in [2.75, 3.05) is 34.2 Å². The molecule has 4 rings (SSSR count). The van der Waals surface area contributed by atoms with Crippen molar-refractivity contribution in [3.8, 4) is 0 Å². The van der Waals surface area contributed by atoms with Crippen LogP contribution in [0.1, 0.15) is 10.4 Å². The van der Waals surface area contributed by atoms with E-state index in [9.17, 15) is 9.59 Å². The fourth-order valence-corrected chi connectivity index (χ4v) is 3.53. The van der Waals surface area contributed by atoms with Gasteiger partial charge in [-0.05, 0) is 53.9 Å². The SMILES string of the molecule is CN1C(=O)CN(Nc2ccc(C(=O)Nc3cccs3)cc2)c2ccccc21. The van der Waals surface area contributed by atoms with Crippen molar-refractivity contribution in [3.05, 3.63) is 71.6 Å². The number of carbonyl (C=O) groups excluding carboxylic acids is 2. The summed E-state index contributed by atoms with van der Waals surface area (Å²) < 4.78 is 0. The lowest BCUT2D eigenvalue weighted by Gasteiger charge is -2.35. The van der Waals surface area contributed by atoms with E-state index in [1.54, 1.807) is 24.1 Å². The highest BCUT2D eigenvalue weighted by atomic mass is 32.1. The third kappa shape index (κ3) is 3.50. The Balaban J connectivity index is 1.49. The number of fused-ring (bicyclic) bond motifs is 1. The second kappa shape index (κ2) is 7.13. The Bertz CT molecular complexity index is 970. The first-order valence-electron chi connectivity index (χ1n) is 8.46. The Morgan fingerprint density at radius 1 is 1.00 bits per heavy atom. The Morgan fingerprint density at radius 2 is 1.74 bits per heavy atom. The van der Waals surface area contributed by atoms with E-state index in [0.717, 1.165) is 22.1 Å². The van der Waals surface area contributed by atoms with E-state index in [1.807, 2.05) is 58.9 Å². The maximum absolute atomic E-state index is 12.3. The summed E-state index contributed by atoms with van der Waals surface area (Å²) in [6.07, 6.45) is 0. The minimum absolute atomic E-state index is 0.00754. The second-order valence-corrected chi connectivity index (χ2v) is 7.10. The fraction of sp³-hybridized carbons (Fsp3) is 0.100. The summed E-state index contributed by atoms with van der Waals surface area (Å²) in [5, 5.41) is 7.41. The molecule has 1 aliphatic rings. The summed E-state index contributed by atoms with van der Waals surface area (Å²) in [6.45, 7) is 0.230. The average molecular weight is 378 g/mol. The Hall–Kier alpha value is -3.32. The number of thiophene rings is 1. The molecule has 0 saturated heterocycles. The number of amides is 2. The predicted molar refractivity (Wildman–Crippen MR) is 110 cm³/mol. The molecule has 2 heterocycles. The smallest absolute Gasteiger partial charge is 0.256 e. The Kier molecular flexibility index (Phi) is 4.52. The predicted octanol–water partition coefficient (Wildman–Crippen LogP) is 3.81. The van der Waals surface area contributed by atoms with Crippen LogP contribution in [0.25, 0.3) is 0 Å². The van der Waals surface area contributed by atoms with Crippen molar-refractivity contribution in [1.82, 2.24) is 0 Å². The first-order chi connectivity index (χ1) is 13.1. The molecular weight excluding hydrogens is 360 g/mol. The molecule has 1 aromatic heterocycles. The van der Waals surface area contributed by atoms with Crippen molar-refractivity contribution in [2.45, 2.75) is 0 Å². The van der Waals surface area contributed by atoms with Crippen molar-refractivity contribution in [1.29, 1.82) is 0 Å². The number of carbonyl (C=O) groups is 2. The van der Waals surface area contributed by atoms with Gasteiger partial charge in [0.15, 0.2) is 0 Å². The number of likely N-dealkylation sites (N-methyl/N-ethyl adjacent to an activating group) is 1. The monoisotopic (exact) mass is 378 g/mol. The van der Waals surface area contributed by atoms with Crippen molar-refractivity contribution < 1.29 is 9.59 Å². The van der Waals surface area contributed by atoms with E-state index in [2.05, 4.69) is 10.7 Å². The topological polar surface area (TPSA) is 64.7 Å². The van der Waals surface area contributed by atoms with Crippen LogP contribution in [-0.4, -0.2) is 25.4 Å². The van der Waals surface area contributed by atoms with E-state index < -0.39 is 0 Å². The Morgan fingerprint density at radius 3 is 2.44 bits per heavy atom. The first-order valence-corrected chi connectivity index (χ1v) is 9.34. The lowest BCUT2D eigenvalue weighted by molar-refractivity contribution is -0.117. The molecule has 0 radical (unpaired) electrons. The first kappa shape index (κ1) is 17.1. The summed E-state index contributed by atoms with van der Waals surface area (Å²) in [5.74, 6) is -0.141. The zero-order chi connectivity index (χ0) is 18.8. The number of hydrogen-bond donors (Lipinski definition) is 2. The molecule has 136 valence electrons. The molecule has 1 aliphatic heterocycles. The van der Waals surface area contributed by atoms with Gasteiger partial charge in [0, 0.05) is 12.6 Å². The molecule has 0 fully saturated rings. The molecule has 2 N–H and O–H groups in total. The van der Waals surface area contributed by atoms with Gasteiger partial charge >= 0.3 is 0 Å². The standard InChI is InChI=1S/C20H18N4O2S/c1-23-16-5-2-3-6-17(16)24(13-19(23)25)22-15-10-8-14(9-11-15)20(26)21-18-7-4-12-27-18/h2-12,22H,13H2,1H3,(H,21,26). The minimum Gasteiger partial charge on any atom is -0.314 e. The number of benzene rings is 2. The molecule has 0 saturated carbocycles. The highest BCUT2D eigenvalue weighted by Crippen LogP contribution is 2.32. The largest absolute Gasteiger partial charge is 0.314 e. The second-order valence-electron chi connectivity index (χ2n) is 6.15. The van der Waals surface area contributed by atoms with Crippen LogP contribution in [0.3, 0.4) is 0 Å². The van der Waals surface area contributed by atoms with Gasteiger partial charge in [-0.15, -0.1) is 11.3 Å². The number of para-hydroxylation sites is 2. The normalized spacial score (nSPS) is 13.3. The average Bonchev–Trinajstić information content (AvgIpc) is 3.19. The van der Waals surface area contributed by atoms with Gasteiger partial charge in [0.05, 0.1) is 22.1 Å². The van der Waals surface area contributed by atoms with Crippen molar-refractivity contribution >= 4 is 45.2 Å². The summed E-state index contributed by atoms with van der Waals surface area (Å²) in [6, 6.07) is 18.7. The van der Waals surface area contributed by atoms with Gasteiger partial charge < -0.3 is 10.2 Å². The summed E-state index contributed by atoms with van der Waals surface area (Å²) in [5.41, 5.74) is 6.41. The van der Waals surface area contributed by atoms with E-state index >= 15 is 0 Å². The van der Waals surface area contributed by atoms with Gasteiger partial charge in [0.2, 0.25) is 5.91 Å². The zero-order valence-corrected chi connectivity index (χ0v) is 15.5. The van der Waals surface area contributed by atoms with Crippen LogP contribution in [0.5, 0.6) is 0 Å². The number of nitrogens with zero attached hydrogens (tertiary/aromatic N) is 2. The van der Waals surface area contributed by atoms with E-state index in [1.165, 1.54) is 11.3 Å². The molecule has 0 aliphatic carbocycles. The third-order valence-corrected chi connectivity index (χ3v) is 5.16. The van der Waals surface area contributed by atoms with Crippen LogP contribution in [-0.2, 0) is 4.79 Å². The fourth-order valence-electron chi connectivity index (χ4n) is 2.92. The zero-order valence-electron chi connectivity index (χ0n) is 14.7. The van der Waals surface area contributed by atoms with Gasteiger partial charge in [0.25, 0.3) is 5.91 Å². The lowest BCUT2D eigenvalue weighted by atomic mass is 10.2. The van der Waals surface area contributed by atoms with E-state index in [4.69, 9.17) is 0 Å². The van der Waals surface area contributed by atoms with E-state index in [0.29, 0.717) is 5.56 Å². The molecule has 0 atom stereocenters. The molecule has 27 heavy (non-hydrogen) atoms. The van der Waals surface area contributed by atoms with Crippen LogP contribution in [0.2, 0.25) is 0 Å². The van der Waals surface area contributed by atoms with Gasteiger partial charge in [-0.25, -0.2) is 0 Å². The van der Waals surface area contributed by atoms with E-state index in [-0.39, 0.29) is 18.4 Å². The van der Waals surface area contributed by atoms with Gasteiger partial charge in [-0.1, -0.05) is 12.1 Å². The van der Waals surface area contributed by atoms with Gasteiger partial charge in [-0.3, -0.25) is 20.0 Å². The maximum Gasteiger partial charge on any atom is 0.256 e. The number of hydrogen-bond acceptors (Lipinski definition) is 5. The van der Waals surface area contributed by atoms with Crippen molar-refractivity contribution in [3.63, 3.8) is 0 Å². The van der Waals surface area contributed by atoms with Gasteiger partial charge in [-0.2, -0.15) is 0 Å². The molecular formula is C20H18N4O2S. The molecule has 3 aromatic rings. The highest BCUT2D eigenvalue weighted by Gasteiger charge is 2.26. The molecule has 2 aromatic carbocycles. The van der Waals surface area contributed by atoms with Crippen LogP contribution in [0, 0.1) is 0 Å². The molecule has 7 heteroatoms. The van der Waals surface area contributed by atoms with Crippen molar-refractivity contribution in [2.24, 2.45) is 0 Å². The number of anilines is 4. The number of hydrazine groups is 1. The summed E-state index contributed by atoms with van der Waals surface area (Å²) >= 11 is 1.48. The quantitative estimate of drug-likeness (QED) is 0.725. The molecule has 2 amide bonds. The lowest BCUT2D eigenvalue weighted by Crippen LogP contribution is -2.46. The van der Waals surface area contributed by atoms with Crippen LogP contribution in [0.4, 0.5) is 22.1 Å². The number of nitrogens with one attached hydrogen (secondary N) is 2. The third-order valence-electron chi connectivity index (χ3n) is 4.37. The van der Waals surface area contributed by atoms with Gasteiger partial charge in [0.1, 0.15) is 6.54 Å². The Labute approximate surface area is 161 Å². The molecule has 0 bridgehead atoms. The minimum atomic E-state index is -0.149. The van der Waals surface area contributed by atoms with Crippen LogP contribution < -0.4 is 20.7 Å². The maximum atomic E-state index is 12.3. The molecule has 6 nitrogen and oxygen atoms in total. The molecule has 0 spiro atoms. The van der Waals surface area contributed by atoms with Crippen LogP contribution in [0.15, 0.2) is 66.0 Å². The van der Waals surface area contributed by atoms with Crippen LogP contribution >= 0.6 is 11.3 Å². The molecule has 0 unspecified atom stereocenters. The number of rotatable bonds is 4.